The first-order chi connectivity index (χ1) is 13.5. The van der Waals surface area contributed by atoms with Crippen molar-refractivity contribution in [1.82, 2.24) is 9.80 Å². The van der Waals surface area contributed by atoms with Gasteiger partial charge in [-0.3, -0.25) is 0 Å². The van der Waals surface area contributed by atoms with Crippen molar-refractivity contribution >= 4 is 53.2 Å². The zero-order chi connectivity index (χ0) is 20.4. The number of thioether (sulfide) groups is 1. The number of halogens is 1. The second kappa shape index (κ2) is 12.2. The smallest absolute Gasteiger partial charge is 0.115 e. The Bertz CT molecular complexity index is 729. The van der Waals surface area contributed by atoms with Crippen LogP contribution in [0.25, 0.3) is 0 Å². The summed E-state index contributed by atoms with van der Waals surface area (Å²) in [6.45, 7) is 10.1. The highest BCUT2D eigenvalue weighted by atomic mass is 35.5. The number of nitrogens with zero attached hydrogens (tertiary/aromatic N) is 4. The molecule has 1 fully saturated rings. The maximum atomic E-state index is 5.98. The number of piperazine rings is 1. The van der Waals surface area contributed by atoms with Crippen molar-refractivity contribution < 1.29 is 0 Å². The average Bonchev–Trinajstić information content (AvgIpc) is 2.69. The van der Waals surface area contributed by atoms with E-state index in [1.807, 2.05) is 37.5 Å². The van der Waals surface area contributed by atoms with Gasteiger partial charge in [0.15, 0.2) is 0 Å². The normalized spacial score (nSPS) is 15.7. The fourth-order valence-corrected chi connectivity index (χ4v) is 3.98. The SMILES string of the molecule is C/C=C\C(S/N=C/N1CCN(C(CSC)=Nc2ccc(Cl)cc2)CC1)=C(C)C. The molecular formula is C21H29ClN4S2. The molecule has 0 amide bonds. The highest BCUT2D eigenvalue weighted by molar-refractivity contribution is 8.02. The minimum atomic E-state index is 0.738. The van der Waals surface area contributed by atoms with Crippen LogP contribution in [0.4, 0.5) is 5.69 Å². The fourth-order valence-electron chi connectivity index (χ4n) is 2.67. The minimum absolute atomic E-state index is 0.738. The molecule has 0 bridgehead atoms. The van der Waals surface area contributed by atoms with Crippen LogP contribution in [-0.4, -0.2) is 60.2 Å². The predicted molar refractivity (Wildman–Crippen MR) is 129 cm³/mol. The van der Waals surface area contributed by atoms with Crippen molar-refractivity contribution in [2.75, 3.05) is 38.2 Å². The van der Waals surface area contributed by atoms with E-state index in [-0.39, 0.29) is 0 Å². The summed E-state index contributed by atoms with van der Waals surface area (Å²) in [5.74, 6) is 2.03. The highest BCUT2D eigenvalue weighted by Crippen LogP contribution is 2.22. The first-order valence-electron chi connectivity index (χ1n) is 9.35. The van der Waals surface area contributed by atoms with Gasteiger partial charge in [0.25, 0.3) is 0 Å². The quantitative estimate of drug-likeness (QED) is 0.230. The van der Waals surface area contributed by atoms with E-state index < -0.39 is 0 Å². The van der Waals surface area contributed by atoms with Gasteiger partial charge in [0.2, 0.25) is 0 Å². The molecule has 0 atom stereocenters. The Kier molecular flexibility index (Phi) is 10.0. The lowest BCUT2D eigenvalue weighted by atomic mass is 10.3. The Hall–Kier alpha value is -1.37. The molecule has 0 aromatic heterocycles. The van der Waals surface area contributed by atoms with Crippen LogP contribution in [0.5, 0.6) is 0 Å². The molecule has 0 radical (unpaired) electrons. The second-order valence-corrected chi connectivity index (χ2v) is 8.77. The summed E-state index contributed by atoms with van der Waals surface area (Å²) in [6.07, 6.45) is 8.25. The van der Waals surface area contributed by atoms with Crippen LogP contribution in [0.3, 0.4) is 0 Å². The Morgan fingerprint density at radius 2 is 1.82 bits per heavy atom. The molecule has 7 heteroatoms. The van der Waals surface area contributed by atoms with Crippen LogP contribution in [0.15, 0.2) is 56.3 Å². The summed E-state index contributed by atoms with van der Waals surface area (Å²) >= 11 is 9.31. The third-order valence-electron chi connectivity index (χ3n) is 4.21. The molecule has 4 nitrogen and oxygen atoms in total. The van der Waals surface area contributed by atoms with Gasteiger partial charge in [-0.15, -0.1) is 0 Å². The largest absolute Gasteiger partial charge is 0.359 e. The van der Waals surface area contributed by atoms with Crippen LogP contribution in [0.1, 0.15) is 20.8 Å². The first-order valence-corrected chi connectivity index (χ1v) is 11.9. The van der Waals surface area contributed by atoms with Gasteiger partial charge < -0.3 is 9.80 Å². The number of allylic oxidation sites excluding steroid dienone is 3. The van der Waals surface area contributed by atoms with Gasteiger partial charge in [-0.2, -0.15) is 11.8 Å². The van der Waals surface area contributed by atoms with Crippen molar-refractivity contribution in [3.63, 3.8) is 0 Å². The molecule has 0 aliphatic carbocycles. The lowest BCUT2D eigenvalue weighted by molar-refractivity contribution is 0.264. The third-order valence-corrected chi connectivity index (χ3v) is 5.95. The third kappa shape index (κ3) is 7.57. The standard InChI is InChI=1S/C21H29ClN4S2/c1-5-6-20(17(2)3)28-23-16-25-11-13-26(14-12-25)21(15-27-4)24-19-9-7-18(22)8-10-19/h5-10,16H,11-15H2,1-4H3/b6-5-,23-16+,24-21?. The molecular weight excluding hydrogens is 408 g/mol. The molecule has 2 rings (SSSR count). The Morgan fingerprint density at radius 3 is 2.39 bits per heavy atom. The van der Waals surface area contributed by atoms with E-state index in [0.717, 1.165) is 48.5 Å². The van der Waals surface area contributed by atoms with Gasteiger partial charge >= 0.3 is 0 Å². The van der Waals surface area contributed by atoms with E-state index in [1.165, 1.54) is 22.4 Å². The molecule has 0 N–H and O–H groups in total. The number of hydrogen-bond donors (Lipinski definition) is 0. The van der Waals surface area contributed by atoms with E-state index in [4.69, 9.17) is 16.6 Å². The molecule has 1 aliphatic rings. The number of rotatable bonds is 7. The minimum Gasteiger partial charge on any atom is -0.359 e. The highest BCUT2D eigenvalue weighted by Gasteiger charge is 2.18. The van der Waals surface area contributed by atoms with E-state index in [2.05, 4.69) is 46.5 Å². The van der Waals surface area contributed by atoms with Gasteiger partial charge in [0.05, 0.1) is 17.8 Å². The van der Waals surface area contributed by atoms with Crippen molar-refractivity contribution in [2.45, 2.75) is 20.8 Å². The second-order valence-electron chi connectivity index (χ2n) is 6.64. The Balaban J connectivity index is 1.94. The molecule has 1 saturated heterocycles. The van der Waals surface area contributed by atoms with E-state index in [9.17, 15) is 0 Å². The molecule has 1 aromatic carbocycles. The molecule has 1 aliphatic heterocycles. The summed E-state index contributed by atoms with van der Waals surface area (Å²) in [7, 11) is 0. The maximum absolute atomic E-state index is 5.98. The van der Waals surface area contributed by atoms with E-state index in [1.54, 1.807) is 11.8 Å². The molecule has 0 spiro atoms. The molecule has 0 saturated carbocycles. The maximum Gasteiger partial charge on any atom is 0.115 e. The Labute approximate surface area is 183 Å². The average molecular weight is 437 g/mol. The van der Waals surface area contributed by atoms with Crippen molar-refractivity contribution in [1.29, 1.82) is 0 Å². The van der Waals surface area contributed by atoms with Crippen molar-refractivity contribution in [3.8, 4) is 0 Å². The summed E-state index contributed by atoms with van der Waals surface area (Å²) in [6, 6.07) is 7.71. The Morgan fingerprint density at radius 1 is 1.14 bits per heavy atom. The van der Waals surface area contributed by atoms with E-state index >= 15 is 0 Å². The summed E-state index contributed by atoms with van der Waals surface area (Å²) in [5, 5.41) is 0.738. The lowest BCUT2D eigenvalue weighted by Gasteiger charge is -2.35. The van der Waals surface area contributed by atoms with Gasteiger partial charge in [0.1, 0.15) is 5.84 Å². The monoisotopic (exact) mass is 436 g/mol. The van der Waals surface area contributed by atoms with Crippen molar-refractivity contribution in [3.05, 3.63) is 51.9 Å². The first kappa shape index (κ1) is 22.9. The molecule has 1 heterocycles. The van der Waals surface area contributed by atoms with Gasteiger partial charge in [-0.1, -0.05) is 29.3 Å². The molecule has 152 valence electrons. The molecule has 0 unspecified atom stereocenters. The molecule has 1 aromatic rings. The summed E-state index contributed by atoms with van der Waals surface area (Å²) in [5.41, 5.74) is 2.23. The van der Waals surface area contributed by atoms with Crippen LogP contribution in [0, 0.1) is 0 Å². The number of hydrogen-bond acceptors (Lipinski definition) is 4. The topological polar surface area (TPSA) is 31.2 Å². The summed E-state index contributed by atoms with van der Waals surface area (Å²) < 4.78 is 4.56. The molecule has 28 heavy (non-hydrogen) atoms. The summed E-state index contributed by atoms with van der Waals surface area (Å²) in [4.78, 5) is 10.7. The zero-order valence-electron chi connectivity index (χ0n) is 17.1. The van der Waals surface area contributed by atoms with Gasteiger partial charge in [0, 0.05) is 48.1 Å². The van der Waals surface area contributed by atoms with Crippen LogP contribution < -0.4 is 0 Å². The van der Waals surface area contributed by atoms with E-state index in [0.29, 0.717) is 0 Å². The predicted octanol–water partition coefficient (Wildman–Crippen LogP) is 5.90. The fraction of sp³-hybridized carbons (Fsp3) is 0.429. The van der Waals surface area contributed by atoms with Crippen LogP contribution >= 0.6 is 35.3 Å². The zero-order valence-corrected chi connectivity index (χ0v) is 19.4. The van der Waals surface area contributed by atoms with Gasteiger partial charge in [-0.05, 0) is 51.3 Å². The van der Waals surface area contributed by atoms with Crippen LogP contribution in [-0.2, 0) is 0 Å². The lowest BCUT2D eigenvalue weighted by Crippen LogP contribution is -2.48. The number of benzene rings is 1. The van der Waals surface area contributed by atoms with Gasteiger partial charge in [-0.25, -0.2) is 9.39 Å². The number of aliphatic imine (C=N–C) groups is 1. The number of amidine groups is 1. The van der Waals surface area contributed by atoms with Crippen LogP contribution in [0.2, 0.25) is 5.02 Å². The van der Waals surface area contributed by atoms with Crippen molar-refractivity contribution in [2.24, 2.45) is 9.39 Å².